The summed E-state index contributed by atoms with van der Waals surface area (Å²) in [6.07, 6.45) is 2.14. The fourth-order valence-electron chi connectivity index (χ4n) is 4.93. The third kappa shape index (κ3) is 4.03. The minimum atomic E-state index is -0.338. The monoisotopic (exact) mass is 506 g/mol. The van der Waals surface area contributed by atoms with E-state index in [1.807, 2.05) is 67.6 Å². The van der Waals surface area contributed by atoms with Gasteiger partial charge in [-0.1, -0.05) is 72.4 Å². The zero-order valence-corrected chi connectivity index (χ0v) is 21.4. The molecule has 2 aliphatic rings. The number of carbonyl (C=O) groups is 1. The number of esters is 1. The van der Waals surface area contributed by atoms with Gasteiger partial charge >= 0.3 is 5.97 Å². The Balaban J connectivity index is 1.61. The van der Waals surface area contributed by atoms with Gasteiger partial charge in [0.2, 0.25) is 0 Å². The standard InChI is InChI=1S/C31H26N2O3S/c1-3-36-30(34)28-26-18-24(21-10-6-4-7-11-21)19-32(26)31-33(27(20-37-31)22-12-8-5-9-13-22)29(28)23-14-16-25(35-2)17-15-23/h4-20,31H,3H2,1-2H3. The summed E-state index contributed by atoms with van der Waals surface area (Å²) in [4.78, 5) is 15.9. The average Bonchev–Trinajstić information content (AvgIpc) is 3.59. The first-order chi connectivity index (χ1) is 18.2. The third-order valence-corrected chi connectivity index (χ3v) is 7.66. The third-order valence-electron chi connectivity index (χ3n) is 6.62. The van der Waals surface area contributed by atoms with Crippen LogP contribution in [0.25, 0.3) is 28.1 Å². The van der Waals surface area contributed by atoms with Crippen LogP contribution in [0, 0.1) is 0 Å². The van der Waals surface area contributed by atoms with Gasteiger partial charge in [-0.25, -0.2) is 4.79 Å². The topological polar surface area (TPSA) is 43.7 Å². The van der Waals surface area contributed by atoms with Crippen molar-refractivity contribution in [3.8, 4) is 16.9 Å². The van der Waals surface area contributed by atoms with Crippen molar-refractivity contribution >= 4 is 34.7 Å². The molecule has 0 saturated heterocycles. The number of nitrogens with zero attached hydrogens (tertiary/aromatic N) is 2. The van der Waals surface area contributed by atoms with Gasteiger partial charge in [0.15, 0.2) is 5.50 Å². The minimum Gasteiger partial charge on any atom is -0.497 e. The number of aromatic nitrogens is 1. The molecule has 0 fully saturated rings. The van der Waals surface area contributed by atoms with Crippen LogP contribution in [0.4, 0.5) is 0 Å². The van der Waals surface area contributed by atoms with Crippen LogP contribution in [0.15, 0.2) is 103 Å². The van der Waals surface area contributed by atoms with E-state index in [0.717, 1.165) is 45.1 Å². The van der Waals surface area contributed by atoms with Crippen LogP contribution in [0.1, 0.15) is 29.2 Å². The number of methoxy groups -OCH3 is 1. The predicted octanol–water partition coefficient (Wildman–Crippen LogP) is 7.11. The van der Waals surface area contributed by atoms with Crippen LogP contribution < -0.4 is 4.74 Å². The number of benzene rings is 3. The van der Waals surface area contributed by atoms with Crippen LogP contribution >= 0.6 is 11.8 Å². The Morgan fingerprint density at radius 3 is 2.19 bits per heavy atom. The molecule has 6 heteroatoms. The second-order valence-corrected chi connectivity index (χ2v) is 9.69. The van der Waals surface area contributed by atoms with Crippen molar-refractivity contribution in [2.24, 2.45) is 0 Å². The first-order valence-electron chi connectivity index (χ1n) is 12.2. The first-order valence-corrected chi connectivity index (χ1v) is 13.2. The maximum Gasteiger partial charge on any atom is 0.342 e. The van der Waals surface area contributed by atoms with Crippen molar-refractivity contribution in [2.75, 3.05) is 13.7 Å². The summed E-state index contributed by atoms with van der Waals surface area (Å²) < 4.78 is 13.3. The van der Waals surface area contributed by atoms with E-state index < -0.39 is 0 Å². The van der Waals surface area contributed by atoms with E-state index in [-0.39, 0.29) is 11.5 Å². The molecule has 2 aliphatic heterocycles. The molecule has 0 spiro atoms. The van der Waals surface area contributed by atoms with Gasteiger partial charge in [0, 0.05) is 11.8 Å². The lowest BCUT2D eigenvalue weighted by atomic mass is 9.98. The molecule has 0 N–H and O–H groups in total. The lowest BCUT2D eigenvalue weighted by molar-refractivity contribution is -0.136. The molecule has 3 aromatic carbocycles. The molecule has 0 bridgehead atoms. The van der Waals surface area contributed by atoms with E-state index in [0.29, 0.717) is 12.2 Å². The summed E-state index contributed by atoms with van der Waals surface area (Å²) in [6.45, 7) is 2.14. The summed E-state index contributed by atoms with van der Waals surface area (Å²) in [7, 11) is 1.65. The number of hydrogen-bond donors (Lipinski definition) is 0. The van der Waals surface area contributed by atoms with Gasteiger partial charge in [-0.3, -0.25) is 0 Å². The Hall–Kier alpha value is -4.16. The first kappa shape index (κ1) is 23.3. The van der Waals surface area contributed by atoms with Gasteiger partial charge in [0.05, 0.1) is 30.8 Å². The van der Waals surface area contributed by atoms with Gasteiger partial charge in [0.25, 0.3) is 0 Å². The highest BCUT2D eigenvalue weighted by Crippen LogP contribution is 2.54. The van der Waals surface area contributed by atoms with Crippen molar-refractivity contribution in [3.05, 3.63) is 119 Å². The molecular formula is C31H26N2O3S. The van der Waals surface area contributed by atoms with E-state index in [9.17, 15) is 4.79 Å². The number of fused-ring (bicyclic) bond motifs is 3. The van der Waals surface area contributed by atoms with Gasteiger partial charge in [-0.05, 0) is 59.4 Å². The SMILES string of the molecule is CCOC(=O)C1=C(c2ccc(OC)cc2)N2C(c3ccccc3)=CSC2n2cc(-c3ccccc3)cc21. The molecule has 5 nitrogen and oxygen atoms in total. The minimum absolute atomic E-state index is 0.0852. The summed E-state index contributed by atoms with van der Waals surface area (Å²) in [5, 5.41) is 2.18. The second-order valence-electron chi connectivity index (χ2n) is 8.76. The van der Waals surface area contributed by atoms with Crippen LogP contribution in [0.5, 0.6) is 5.75 Å². The van der Waals surface area contributed by atoms with Crippen molar-refractivity contribution in [3.63, 3.8) is 0 Å². The number of hydrogen-bond acceptors (Lipinski definition) is 5. The molecule has 0 radical (unpaired) electrons. The summed E-state index contributed by atoms with van der Waals surface area (Å²) in [5.74, 6) is 0.425. The van der Waals surface area contributed by atoms with Crippen molar-refractivity contribution in [1.82, 2.24) is 9.47 Å². The highest BCUT2D eigenvalue weighted by atomic mass is 32.2. The molecule has 6 rings (SSSR count). The number of rotatable bonds is 6. The van der Waals surface area contributed by atoms with Crippen molar-refractivity contribution in [1.29, 1.82) is 0 Å². The molecule has 1 aromatic heterocycles. The number of thioether (sulfide) groups is 1. The lowest BCUT2D eigenvalue weighted by Crippen LogP contribution is -2.32. The molecule has 184 valence electrons. The second kappa shape index (κ2) is 9.71. The van der Waals surface area contributed by atoms with E-state index in [1.54, 1.807) is 18.9 Å². The molecule has 3 heterocycles. The van der Waals surface area contributed by atoms with E-state index in [1.165, 1.54) is 0 Å². The van der Waals surface area contributed by atoms with Gasteiger partial charge in [-0.2, -0.15) is 0 Å². The Morgan fingerprint density at radius 1 is 0.865 bits per heavy atom. The maximum absolute atomic E-state index is 13.7. The largest absolute Gasteiger partial charge is 0.497 e. The highest BCUT2D eigenvalue weighted by Gasteiger charge is 2.42. The van der Waals surface area contributed by atoms with E-state index in [4.69, 9.17) is 9.47 Å². The highest BCUT2D eigenvalue weighted by molar-refractivity contribution is 8.02. The van der Waals surface area contributed by atoms with Crippen LogP contribution in [-0.2, 0) is 9.53 Å². The molecule has 1 unspecified atom stereocenters. The molecule has 0 aliphatic carbocycles. The summed E-state index contributed by atoms with van der Waals surface area (Å²) >= 11 is 1.73. The Kier molecular flexibility index (Phi) is 6.10. The molecule has 1 atom stereocenters. The number of ether oxygens (including phenoxy) is 2. The van der Waals surface area contributed by atoms with Crippen molar-refractivity contribution < 1.29 is 14.3 Å². The zero-order chi connectivity index (χ0) is 25.4. The molecule has 0 amide bonds. The summed E-state index contributed by atoms with van der Waals surface area (Å²) in [6, 6.07) is 30.5. The van der Waals surface area contributed by atoms with Gasteiger partial charge in [-0.15, -0.1) is 0 Å². The molecular weight excluding hydrogens is 480 g/mol. The van der Waals surface area contributed by atoms with Crippen LogP contribution in [0.2, 0.25) is 0 Å². The van der Waals surface area contributed by atoms with Crippen LogP contribution in [0.3, 0.4) is 0 Å². The summed E-state index contributed by atoms with van der Waals surface area (Å²) in [5.41, 5.74) is 7.36. The smallest absolute Gasteiger partial charge is 0.342 e. The fourth-order valence-corrected chi connectivity index (χ4v) is 6.07. The van der Waals surface area contributed by atoms with Gasteiger partial charge < -0.3 is 18.9 Å². The van der Waals surface area contributed by atoms with E-state index >= 15 is 0 Å². The number of carbonyl (C=O) groups excluding carboxylic acids is 1. The van der Waals surface area contributed by atoms with Crippen molar-refractivity contribution in [2.45, 2.75) is 12.4 Å². The normalized spacial score (nSPS) is 16.2. The van der Waals surface area contributed by atoms with Crippen LogP contribution in [-0.4, -0.2) is 29.2 Å². The Bertz CT molecular complexity index is 1510. The Morgan fingerprint density at radius 2 is 1.54 bits per heavy atom. The predicted molar refractivity (Wildman–Crippen MR) is 149 cm³/mol. The maximum atomic E-state index is 13.7. The lowest BCUT2D eigenvalue weighted by Gasteiger charge is -2.38. The molecule has 0 saturated carbocycles. The molecule has 4 aromatic rings. The van der Waals surface area contributed by atoms with Gasteiger partial charge in [0.1, 0.15) is 11.3 Å². The Labute approximate surface area is 220 Å². The zero-order valence-electron chi connectivity index (χ0n) is 20.6. The quantitative estimate of drug-likeness (QED) is 0.261. The average molecular weight is 507 g/mol. The molecule has 37 heavy (non-hydrogen) atoms. The van der Waals surface area contributed by atoms with E-state index in [2.05, 4.69) is 51.4 Å². The fraction of sp³-hybridized carbons (Fsp3) is 0.129.